The molecule has 0 atom stereocenters. The summed E-state index contributed by atoms with van der Waals surface area (Å²) < 4.78 is 5.86. The van der Waals surface area contributed by atoms with E-state index in [9.17, 15) is 5.26 Å². The van der Waals surface area contributed by atoms with E-state index in [4.69, 9.17) is 16.2 Å². The molecule has 0 bridgehead atoms. The molecule has 0 radical (unpaired) electrons. The number of aromatic nitrogens is 2. The Morgan fingerprint density at radius 2 is 1.83 bits per heavy atom. The monoisotopic (exact) mass is 311 g/mol. The lowest BCUT2D eigenvalue weighted by Crippen LogP contribution is -2.06. The van der Waals surface area contributed by atoms with Crippen LogP contribution in [-0.4, -0.2) is 16.6 Å². The number of unbranched alkanes of at least 4 members (excludes halogenated alkanes) is 1. The van der Waals surface area contributed by atoms with Gasteiger partial charge in [-0.2, -0.15) is 10.2 Å². The Morgan fingerprint density at radius 1 is 1.17 bits per heavy atom. The van der Waals surface area contributed by atoms with Crippen LogP contribution < -0.4 is 16.2 Å². The molecule has 2 aromatic rings. The summed E-state index contributed by atoms with van der Waals surface area (Å²) in [6, 6.07) is 5.90. The second-order valence-corrected chi connectivity index (χ2v) is 5.44. The third-order valence-corrected chi connectivity index (χ3v) is 3.54. The van der Waals surface area contributed by atoms with Crippen LogP contribution in [0.4, 0.5) is 11.8 Å². The minimum atomic E-state index is 0.0510. The average Bonchev–Trinajstić information content (AvgIpc) is 2.49. The topological polar surface area (TPSA) is 111 Å². The molecule has 0 aliphatic carbocycles. The Balaban J connectivity index is 2.49. The van der Waals surface area contributed by atoms with Gasteiger partial charge in [0.1, 0.15) is 23.2 Å². The summed E-state index contributed by atoms with van der Waals surface area (Å²) in [7, 11) is 0. The minimum absolute atomic E-state index is 0.0510. The maximum Gasteiger partial charge on any atom is 0.222 e. The summed E-state index contributed by atoms with van der Waals surface area (Å²) >= 11 is 0. The van der Waals surface area contributed by atoms with Crippen molar-refractivity contribution >= 4 is 11.8 Å². The van der Waals surface area contributed by atoms with Crippen molar-refractivity contribution in [1.82, 2.24) is 9.97 Å². The fourth-order valence-electron chi connectivity index (χ4n) is 2.45. The summed E-state index contributed by atoms with van der Waals surface area (Å²) in [6.45, 7) is 6.75. The van der Waals surface area contributed by atoms with Crippen molar-refractivity contribution in [3.63, 3.8) is 0 Å². The Labute approximate surface area is 136 Å². The van der Waals surface area contributed by atoms with E-state index in [0.29, 0.717) is 12.3 Å². The lowest BCUT2D eigenvalue weighted by molar-refractivity contribution is 0.305. The Hall–Kier alpha value is -2.81. The van der Waals surface area contributed by atoms with Gasteiger partial charge < -0.3 is 16.2 Å². The van der Waals surface area contributed by atoms with E-state index in [1.807, 2.05) is 32.0 Å². The number of nitrogen functional groups attached to an aromatic ring is 2. The van der Waals surface area contributed by atoms with Crippen LogP contribution in [0.15, 0.2) is 12.1 Å². The third-order valence-electron chi connectivity index (χ3n) is 3.54. The molecule has 4 N–H and O–H groups in total. The van der Waals surface area contributed by atoms with Gasteiger partial charge in [-0.25, -0.2) is 4.98 Å². The van der Waals surface area contributed by atoms with Crippen molar-refractivity contribution in [1.29, 1.82) is 5.26 Å². The number of aryl methyl sites for hydroxylation is 2. The van der Waals surface area contributed by atoms with Crippen LogP contribution in [0.2, 0.25) is 0 Å². The summed E-state index contributed by atoms with van der Waals surface area (Å²) in [5, 5.41) is 9.31. The summed E-state index contributed by atoms with van der Waals surface area (Å²) in [6.07, 6.45) is 2.10. The smallest absolute Gasteiger partial charge is 0.222 e. The van der Waals surface area contributed by atoms with E-state index in [0.717, 1.165) is 35.3 Å². The molecule has 0 aliphatic heterocycles. The SMILES string of the molecule is CCCCOc1c(C)cc(-c2nc(N)nc(N)c2C#N)cc1C. The molecule has 120 valence electrons. The normalized spacial score (nSPS) is 10.3. The highest BCUT2D eigenvalue weighted by Crippen LogP contribution is 2.32. The molecule has 0 spiro atoms. The lowest BCUT2D eigenvalue weighted by Gasteiger charge is -2.14. The van der Waals surface area contributed by atoms with Gasteiger partial charge in [-0.15, -0.1) is 0 Å². The first kappa shape index (κ1) is 16.6. The van der Waals surface area contributed by atoms with Gasteiger partial charge in [0.15, 0.2) is 0 Å². The average molecular weight is 311 g/mol. The van der Waals surface area contributed by atoms with Crippen LogP contribution in [-0.2, 0) is 0 Å². The van der Waals surface area contributed by atoms with E-state index in [1.54, 1.807) is 0 Å². The van der Waals surface area contributed by atoms with Crippen molar-refractivity contribution in [3.8, 4) is 23.1 Å². The van der Waals surface area contributed by atoms with Gasteiger partial charge >= 0.3 is 0 Å². The Morgan fingerprint density at radius 3 is 2.39 bits per heavy atom. The second-order valence-electron chi connectivity index (χ2n) is 5.44. The molecule has 1 aromatic carbocycles. The Bertz CT molecular complexity index is 741. The standard InChI is InChI=1S/C17H21N5O/c1-4-5-6-23-15-10(2)7-12(8-11(15)3)14-13(9-18)16(19)22-17(20)21-14/h7-8H,4-6H2,1-3H3,(H4,19,20,21,22). The van der Waals surface area contributed by atoms with Crippen LogP contribution in [0, 0.1) is 25.2 Å². The molecule has 1 aromatic heterocycles. The zero-order valence-corrected chi connectivity index (χ0v) is 13.7. The molecule has 1 heterocycles. The zero-order chi connectivity index (χ0) is 17.0. The summed E-state index contributed by atoms with van der Waals surface area (Å²) in [5.41, 5.74) is 14.9. The number of rotatable bonds is 5. The molecule has 0 aliphatic rings. The molecule has 0 amide bonds. The first-order chi connectivity index (χ1) is 11.0. The number of benzene rings is 1. The Kier molecular flexibility index (Phi) is 5.02. The predicted molar refractivity (Wildman–Crippen MR) is 90.9 cm³/mol. The van der Waals surface area contributed by atoms with E-state index >= 15 is 0 Å². The predicted octanol–water partition coefficient (Wildman–Crippen LogP) is 2.98. The van der Waals surface area contributed by atoms with Crippen molar-refractivity contribution in [2.24, 2.45) is 0 Å². The van der Waals surface area contributed by atoms with E-state index < -0.39 is 0 Å². The highest BCUT2D eigenvalue weighted by Gasteiger charge is 2.15. The number of nitrogens with two attached hydrogens (primary N) is 2. The molecule has 0 fully saturated rings. The van der Waals surface area contributed by atoms with Gasteiger partial charge in [0.05, 0.1) is 12.3 Å². The van der Waals surface area contributed by atoms with Crippen molar-refractivity contribution in [2.45, 2.75) is 33.6 Å². The molecule has 6 nitrogen and oxygen atoms in total. The zero-order valence-electron chi connectivity index (χ0n) is 13.7. The minimum Gasteiger partial charge on any atom is -0.493 e. The molecule has 6 heteroatoms. The van der Waals surface area contributed by atoms with Crippen molar-refractivity contribution in [2.75, 3.05) is 18.1 Å². The van der Waals surface area contributed by atoms with Crippen molar-refractivity contribution < 1.29 is 4.74 Å². The number of nitrogens with zero attached hydrogens (tertiary/aromatic N) is 3. The maximum absolute atomic E-state index is 9.31. The highest BCUT2D eigenvalue weighted by molar-refractivity contribution is 5.74. The van der Waals surface area contributed by atoms with Gasteiger partial charge in [0, 0.05) is 5.56 Å². The van der Waals surface area contributed by atoms with Gasteiger partial charge in [-0.1, -0.05) is 13.3 Å². The van der Waals surface area contributed by atoms with Crippen molar-refractivity contribution in [3.05, 3.63) is 28.8 Å². The number of ether oxygens (including phenoxy) is 1. The first-order valence-electron chi connectivity index (χ1n) is 7.55. The van der Waals surface area contributed by atoms with Gasteiger partial charge in [-0.3, -0.25) is 0 Å². The molecule has 0 unspecified atom stereocenters. The number of hydrogen-bond acceptors (Lipinski definition) is 6. The molecule has 0 saturated carbocycles. The third kappa shape index (κ3) is 3.51. The van der Waals surface area contributed by atoms with Crippen LogP contribution in [0.3, 0.4) is 0 Å². The largest absolute Gasteiger partial charge is 0.493 e. The maximum atomic E-state index is 9.31. The molecular weight excluding hydrogens is 290 g/mol. The van der Waals surface area contributed by atoms with E-state index in [-0.39, 0.29) is 17.3 Å². The van der Waals surface area contributed by atoms with Gasteiger partial charge in [0.2, 0.25) is 5.95 Å². The number of anilines is 2. The summed E-state index contributed by atoms with van der Waals surface area (Å²) in [5.74, 6) is 1.01. The fraction of sp³-hybridized carbons (Fsp3) is 0.353. The highest BCUT2D eigenvalue weighted by atomic mass is 16.5. The lowest BCUT2D eigenvalue weighted by atomic mass is 10.0. The number of nitriles is 1. The van der Waals surface area contributed by atoms with Gasteiger partial charge in [0.25, 0.3) is 0 Å². The molecule has 0 saturated heterocycles. The summed E-state index contributed by atoms with van der Waals surface area (Å²) in [4.78, 5) is 8.03. The molecular formula is C17H21N5O. The van der Waals surface area contributed by atoms with Crippen LogP contribution in [0.1, 0.15) is 36.5 Å². The van der Waals surface area contributed by atoms with Crippen LogP contribution >= 0.6 is 0 Å². The molecule has 2 rings (SSSR count). The quantitative estimate of drug-likeness (QED) is 0.821. The fourth-order valence-corrected chi connectivity index (χ4v) is 2.45. The van der Waals surface area contributed by atoms with E-state index in [2.05, 4.69) is 16.9 Å². The first-order valence-corrected chi connectivity index (χ1v) is 7.55. The molecule has 23 heavy (non-hydrogen) atoms. The van der Waals surface area contributed by atoms with Crippen LogP contribution in [0.5, 0.6) is 5.75 Å². The van der Waals surface area contributed by atoms with E-state index in [1.165, 1.54) is 0 Å². The van der Waals surface area contributed by atoms with Gasteiger partial charge in [-0.05, 0) is 43.5 Å². The second kappa shape index (κ2) is 6.97. The van der Waals surface area contributed by atoms with Crippen LogP contribution in [0.25, 0.3) is 11.3 Å². The number of hydrogen-bond donors (Lipinski definition) is 2.